The summed E-state index contributed by atoms with van der Waals surface area (Å²) >= 11 is 0. The Bertz CT molecular complexity index is 1210. The minimum absolute atomic E-state index is 0.185. The predicted molar refractivity (Wildman–Crippen MR) is 118 cm³/mol. The molecule has 0 radical (unpaired) electrons. The highest BCUT2D eigenvalue weighted by atomic mass is 16.5. The number of fused-ring (bicyclic) bond motifs is 4. The highest BCUT2D eigenvalue weighted by molar-refractivity contribution is 5.87. The van der Waals surface area contributed by atoms with Crippen LogP contribution in [0, 0.1) is 6.92 Å². The second kappa shape index (κ2) is 7.93. The van der Waals surface area contributed by atoms with Gasteiger partial charge in [0.2, 0.25) is 0 Å². The van der Waals surface area contributed by atoms with Crippen molar-refractivity contribution < 1.29 is 18.6 Å². The van der Waals surface area contributed by atoms with Crippen molar-refractivity contribution in [3.8, 4) is 17.2 Å². The topological polar surface area (TPSA) is 61.1 Å². The van der Waals surface area contributed by atoms with Crippen LogP contribution in [-0.4, -0.2) is 32.4 Å². The molecule has 0 saturated carbocycles. The summed E-state index contributed by atoms with van der Waals surface area (Å²) in [6, 6.07) is 8.22. The molecule has 0 amide bonds. The Hall–Kier alpha value is -2.99. The summed E-state index contributed by atoms with van der Waals surface area (Å²) in [4.78, 5) is 14.7. The lowest BCUT2D eigenvalue weighted by atomic mass is 9.99. The fourth-order valence-corrected chi connectivity index (χ4v) is 4.86. The number of hydrogen-bond donors (Lipinski definition) is 0. The van der Waals surface area contributed by atoms with Gasteiger partial charge < -0.3 is 18.6 Å². The van der Waals surface area contributed by atoms with Crippen molar-refractivity contribution in [1.82, 2.24) is 4.90 Å². The third-order valence-corrected chi connectivity index (χ3v) is 6.47. The van der Waals surface area contributed by atoms with Crippen LogP contribution in [0.2, 0.25) is 0 Å². The van der Waals surface area contributed by atoms with E-state index in [4.69, 9.17) is 18.6 Å². The predicted octanol–water partition coefficient (Wildman–Crippen LogP) is 4.00. The van der Waals surface area contributed by atoms with Crippen molar-refractivity contribution in [1.29, 1.82) is 0 Å². The fraction of sp³-hybridized carbons (Fsp3) is 0.400. The van der Waals surface area contributed by atoms with Gasteiger partial charge in [0.05, 0.1) is 14.2 Å². The lowest BCUT2D eigenvalue weighted by molar-refractivity contribution is 0.0959. The summed E-state index contributed by atoms with van der Waals surface area (Å²) in [5.74, 6) is 2.34. The first-order valence-electron chi connectivity index (χ1n) is 10.8. The van der Waals surface area contributed by atoms with E-state index < -0.39 is 0 Å². The van der Waals surface area contributed by atoms with Crippen LogP contribution in [-0.2, 0) is 25.8 Å². The minimum atomic E-state index is -0.185. The van der Waals surface area contributed by atoms with Gasteiger partial charge in [0.25, 0.3) is 0 Å². The van der Waals surface area contributed by atoms with E-state index in [0.717, 1.165) is 78.1 Å². The second-order valence-electron chi connectivity index (χ2n) is 8.33. The molecule has 0 spiro atoms. The Morgan fingerprint density at radius 2 is 1.87 bits per heavy atom. The molecular weight excluding hydrogens is 394 g/mol. The van der Waals surface area contributed by atoms with Gasteiger partial charge in [-0.1, -0.05) is 6.07 Å². The summed E-state index contributed by atoms with van der Waals surface area (Å²) in [6.07, 6.45) is 3.66. The van der Waals surface area contributed by atoms with Gasteiger partial charge in [0, 0.05) is 35.2 Å². The van der Waals surface area contributed by atoms with Gasteiger partial charge in [-0.3, -0.25) is 4.90 Å². The molecule has 2 heterocycles. The third kappa shape index (κ3) is 3.45. The highest BCUT2D eigenvalue weighted by Gasteiger charge is 2.26. The number of ether oxygens (including phenoxy) is 3. The van der Waals surface area contributed by atoms with E-state index in [1.54, 1.807) is 14.2 Å². The van der Waals surface area contributed by atoms with Gasteiger partial charge in [-0.25, -0.2) is 4.79 Å². The Labute approximate surface area is 181 Å². The molecule has 1 aromatic heterocycles. The smallest absolute Gasteiger partial charge is 0.339 e. The molecular formula is C25H27NO5. The minimum Gasteiger partial charge on any atom is -0.493 e. The van der Waals surface area contributed by atoms with Crippen molar-refractivity contribution in [3.05, 3.63) is 62.5 Å². The lowest BCUT2D eigenvalue weighted by Gasteiger charge is -2.30. The third-order valence-electron chi connectivity index (χ3n) is 6.47. The average molecular weight is 421 g/mol. The van der Waals surface area contributed by atoms with E-state index in [1.165, 1.54) is 11.1 Å². The average Bonchev–Trinajstić information content (AvgIpc) is 3.29. The molecule has 0 atom stereocenters. The zero-order valence-electron chi connectivity index (χ0n) is 18.2. The maximum absolute atomic E-state index is 12.4. The molecule has 0 N–H and O–H groups in total. The molecule has 162 valence electrons. The van der Waals surface area contributed by atoms with Crippen LogP contribution in [0.3, 0.4) is 0 Å². The van der Waals surface area contributed by atoms with E-state index in [1.807, 2.05) is 19.1 Å². The SMILES string of the molecule is COc1ccc(CCN2COc3c(cc4c5c(c(=O)oc4c3C)CCC5)C2)cc1OC. The number of nitrogens with zero attached hydrogens (tertiary/aromatic N) is 1. The van der Waals surface area contributed by atoms with Crippen LogP contribution in [0.1, 0.15) is 34.2 Å². The molecule has 0 unspecified atom stereocenters. The van der Waals surface area contributed by atoms with Gasteiger partial charge in [0.1, 0.15) is 18.1 Å². The zero-order valence-corrected chi connectivity index (χ0v) is 18.2. The van der Waals surface area contributed by atoms with Gasteiger partial charge in [-0.15, -0.1) is 0 Å². The molecule has 6 nitrogen and oxygen atoms in total. The first-order valence-corrected chi connectivity index (χ1v) is 10.8. The summed E-state index contributed by atoms with van der Waals surface area (Å²) in [5.41, 5.74) is 5.80. The molecule has 2 aromatic carbocycles. The zero-order chi connectivity index (χ0) is 21.5. The molecule has 31 heavy (non-hydrogen) atoms. The molecule has 1 aliphatic carbocycles. The quantitative estimate of drug-likeness (QED) is 0.581. The summed E-state index contributed by atoms with van der Waals surface area (Å²) in [5, 5.41) is 1.08. The molecule has 5 rings (SSSR count). The van der Waals surface area contributed by atoms with Crippen molar-refractivity contribution >= 4 is 11.0 Å². The lowest BCUT2D eigenvalue weighted by Crippen LogP contribution is -2.34. The molecule has 0 bridgehead atoms. The summed E-state index contributed by atoms with van der Waals surface area (Å²) < 4.78 is 22.6. The first-order chi connectivity index (χ1) is 15.1. The number of aryl methyl sites for hydroxylation is 2. The number of methoxy groups -OCH3 is 2. The van der Waals surface area contributed by atoms with Gasteiger partial charge in [0.15, 0.2) is 11.5 Å². The number of rotatable bonds is 5. The van der Waals surface area contributed by atoms with Crippen molar-refractivity contribution in [2.24, 2.45) is 0 Å². The Morgan fingerprint density at radius 3 is 2.68 bits per heavy atom. The Kier molecular flexibility index (Phi) is 5.10. The fourth-order valence-electron chi connectivity index (χ4n) is 4.86. The molecule has 6 heteroatoms. The van der Waals surface area contributed by atoms with Crippen LogP contribution in [0.5, 0.6) is 17.2 Å². The van der Waals surface area contributed by atoms with Crippen LogP contribution < -0.4 is 19.8 Å². The summed E-state index contributed by atoms with van der Waals surface area (Å²) in [7, 11) is 3.30. The van der Waals surface area contributed by atoms with E-state index in [0.29, 0.717) is 12.3 Å². The van der Waals surface area contributed by atoms with Gasteiger partial charge >= 0.3 is 5.63 Å². The van der Waals surface area contributed by atoms with Crippen LogP contribution in [0.4, 0.5) is 0 Å². The normalized spacial score (nSPS) is 15.5. The molecule has 0 fully saturated rings. The van der Waals surface area contributed by atoms with E-state index in [-0.39, 0.29) is 5.63 Å². The maximum atomic E-state index is 12.4. The number of hydrogen-bond acceptors (Lipinski definition) is 6. The van der Waals surface area contributed by atoms with Crippen LogP contribution in [0.15, 0.2) is 33.5 Å². The molecule has 1 aliphatic heterocycles. The number of benzene rings is 2. The first kappa shape index (κ1) is 19.9. The van der Waals surface area contributed by atoms with Gasteiger partial charge in [-0.05, 0) is 61.9 Å². The molecule has 0 saturated heterocycles. The Balaban J connectivity index is 1.39. The highest BCUT2D eigenvalue weighted by Crippen LogP contribution is 2.38. The van der Waals surface area contributed by atoms with E-state index in [2.05, 4.69) is 17.0 Å². The standard InChI is InChI=1S/C25H27NO5/c1-15-23-17(12-20-18-5-4-6-19(18)25(27)31-24(15)20)13-26(14-30-23)10-9-16-7-8-21(28-2)22(11-16)29-3/h7-8,11-12H,4-6,9-10,13-14H2,1-3H3. The van der Waals surface area contributed by atoms with Crippen molar-refractivity contribution in [2.75, 3.05) is 27.5 Å². The largest absolute Gasteiger partial charge is 0.493 e. The summed E-state index contributed by atoms with van der Waals surface area (Å²) in [6.45, 7) is 4.19. The maximum Gasteiger partial charge on any atom is 0.339 e. The van der Waals surface area contributed by atoms with Gasteiger partial charge in [-0.2, -0.15) is 0 Å². The Morgan fingerprint density at radius 1 is 1.06 bits per heavy atom. The monoisotopic (exact) mass is 421 g/mol. The second-order valence-corrected chi connectivity index (χ2v) is 8.33. The molecule has 2 aliphatic rings. The van der Waals surface area contributed by atoms with Crippen molar-refractivity contribution in [3.63, 3.8) is 0 Å². The van der Waals surface area contributed by atoms with E-state index >= 15 is 0 Å². The molecule has 3 aromatic rings. The van der Waals surface area contributed by atoms with Crippen LogP contribution >= 0.6 is 0 Å². The van der Waals surface area contributed by atoms with E-state index in [9.17, 15) is 4.79 Å². The van der Waals surface area contributed by atoms with Crippen LogP contribution in [0.25, 0.3) is 11.0 Å². The van der Waals surface area contributed by atoms with Crippen molar-refractivity contribution in [2.45, 2.75) is 39.2 Å².